The molecule has 3 rings (SSSR count). The van der Waals surface area contributed by atoms with Crippen molar-refractivity contribution in [2.45, 2.75) is 18.9 Å². The van der Waals surface area contributed by atoms with Gasteiger partial charge in [0.1, 0.15) is 5.54 Å². The van der Waals surface area contributed by atoms with E-state index in [4.69, 9.17) is 0 Å². The van der Waals surface area contributed by atoms with Gasteiger partial charge in [0.2, 0.25) is 0 Å². The average Bonchev–Trinajstić information content (AvgIpc) is 2.78. The van der Waals surface area contributed by atoms with Crippen LogP contribution in [0.5, 0.6) is 0 Å². The molecule has 2 aromatic rings. The first-order chi connectivity index (χ1) is 11.1. The fourth-order valence-electron chi connectivity index (χ4n) is 3.11. The molecule has 3 amide bonds. The van der Waals surface area contributed by atoms with Gasteiger partial charge in [0, 0.05) is 6.54 Å². The second-order valence-corrected chi connectivity index (χ2v) is 6.87. The first kappa shape index (κ1) is 15.9. The molecule has 0 radical (unpaired) electrons. The van der Waals surface area contributed by atoms with E-state index >= 15 is 0 Å². The van der Waals surface area contributed by atoms with E-state index in [1.807, 2.05) is 48.7 Å². The summed E-state index contributed by atoms with van der Waals surface area (Å²) in [5.41, 5.74) is -0.154. The third-order valence-electron chi connectivity index (χ3n) is 4.33. The Kier molecular flexibility index (Phi) is 4.31. The summed E-state index contributed by atoms with van der Waals surface area (Å²) in [6.07, 6.45) is 2.83. The number of amides is 3. The van der Waals surface area contributed by atoms with Gasteiger partial charge in [-0.2, -0.15) is 11.8 Å². The summed E-state index contributed by atoms with van der Waals surface area (Å²) in [7, 11) is 0. The van der Waals surface area contributed by atoms with E-state index in [-0.39, 0.29) is 11.9 Å². The number of fused-ring (bicyclic) bond motifs is 1. The summed E-state index contributed by atoms with van der Waals surface area (Å²) < 4.78 is 0. The molecule has 0 aromatic heterocycles. The number of urea groups is 1. The molecule has 2 aromatic carbocycles. The van der Waals surface area contributed by atoms with Gasteiger partial charge in [-0.05, 0) is 41.7 Å². The zero-order chi connectivity index (χ0) is 16.4. The molecule has 0 saturated carbocycles. The summed E-state index contributed by atoms with van der Waals surface area (Å²) in [6.45, 7) is 2.26. The van der Waals surface area contributed by atoms with Crippen molar-refractivity contribution in [1.29, 1.82) is 0 Å². The monoisotopic (exact) mass is 328 g/mol. The molecule has 0 spiro atoms. The van der Waals surface area contributed by atoms with Crippen LogP contribution in [-0.2, 0) is 10.3 Å². The lowest BCUT2D eigenvalue weighted by atomic mass is 9.88. The Bertz CT molecular complexity index is 756. The molecule has 0 unspecified atom stereocenters. The van der Waals surface area contributed by atoms with Gasteiger partial charge in [-0.25, -0.2) is 4.79 Å². The molecule has 0 bridgehead atoms. The van der Waals surface area contributed by atoms with Crippen LogP contribution >= 0.6 is 11.8 Å². The summed E-state index contributed by atoms with van der Waals surface area (Å²) in [5.74, 6) is 0.766. The van der Waals surface area contributed by atoms with Crippen LogP contribution in [0.1, 0.15) is 18.9 Å². The summed E-state index contributed by atoms with van der Waals surface area (Å²) in [5, 5.41) is 4.96. The third kappa shape index (κ3) is 2.70. The van der Waals surface area contributed by atoms with Crippen molar-refractivity contribution < 1.29 is 9.59 Å². The zero-order valence-corrected chi connectivity index (χ0v) is 14.2. The minimum absolute atomic E-state index is 0.167. The Hall–Kier alpha value is -2.01. The molecule has 1 atom stereocenters. The van der Waals surface area contributed by atoms with Crippen LogP contribution in [-0.4, -0.2) is 35.4 Å². The van der Waals surface area contributed by atoms with Crippen molar-refractivity contribution in [3.8, 4) is 0 Å². The van der Waals surface area contributed by atoms with E-state index in [9.17, 15) is 9.59 Å². The van der Waals surface area contributed by atoms with Crippen molar-refractivity contribution in [3.63, 3.8) is 0 Å². The van der Waals surface area contributed by atoms with Crippen molar-refractivity contribution in [1.82, 2.24) is 10.2 Å². The molecule has 1 saturated heterocycles. The number of benzene rings is 2. The zero-order valence-electron chi connectivity index (χ0n) is 13.3. The number of nitrogens with zero attached hydrogens (tertiary/aromatic N) is 1. The normalized spacial score (nSPS) is 21.0. The molecule has 1 heterocycles. The van der Waals surface area contributed by atoms with Gasteiger partial charge in [-0.3, -0.25) is 9.69 Å². The molecule has 120 valence electrons. The van der Waals surface area contributed by atoms with Crippen LogP contribution < -0.4 is 5.32 Å². The average molecular weight is 328 g/mol. The van der Waals surface area contributed by atoms with Crippen molar-refractivity contribution in [3.05, 3.63) is 48.0 Å². The highest BCUT2D eigenvalue weighted by molar-refractivity contribution is 7.98. The molecule has 0 aliphatic carbocycles. The molecule has 1 fully saturated rings. The van der Waals surface area contributed by atoms with E-state index in [0.717, 1.165) is 28.5 Å². The summed E-state index contributed by atoms with van der Waals surface area (Å²) >= 11 is 1.72. The predicted octanol–water partition coefficient (Wildman–Crippen LogP) is 3.36. The van der Waals surface area contributed by atoms with Gasteiger partial charge < -0.3 is 5.32 Å². The van der Waals surface area contributed by atoms with Gasteiger partial charge in [0.05, 0.1) is 0 Å². The second-order valence-electron chi connectivity index (χ2n) is 5.89. The lowest BCUT2D eigenvalue weighted by Gasteiger charge is -2.24. The molecule has 5 heteroatoms. The standard InChI is InChI=1S/C18H20N2O2S/c1-18(15-10-5-8-13-7-3-4-9-14(13)15)16(21)20(17(22)19-18)11-6-12-23-2/h3-5,7-10H,6,11-12H2,1-2H3,(H,19,22)/t18-/m1/s1. The second kappa shape index (κ2) is 6.24. The topological polar surface area (TPSA) is 49.4 Å². The molecular formula is C18H20N2O2S. The number of hydrogen-bond acceptors (Lipinski definition) is 3. The predicted molar refractivity (Wildman–Crippen MR) is 94.5 cm³/mol. The van der Waals surface area contributed by atoms with Crippen LogP contribution in [0.3, 0.4) is 0 Å². The van der Waals surface area contributed by atoms with E-state index < -0.39 is 5.54 Å². The van der Waals surface area contributed by atoms with E-state index in [2.05, 4.69) is 5.32 Å². The Morgan fingerprint density at radius 2 is 1.87 bits per heavy atom. The minimum atomic E-state index is -1.00. The Morgan fingerprint density at radius 1 is 1.13 bits per heavy atom. The maximum Gasteiger partial charge on any atom is 0.325 e. The van der Waals surface area contributed by atoms with Crippen molar-refractivity contribution in [2.75, 3.05) is 18.6 Å². The molecular weight excluding hydrogens is 308 g/mol. The lowest BCUT2D eigenvalue weighted by Crippen LogP contribution is -2.41. The Morgan fingerprint density at radius 3 is 2.65 bits per heavy atom. The molecule has 1 aliphatic rings. The molecule has 4 nitrogen and oxygen atoms in total. The van der Waals surface area contributed by atoms with Crippen molar-refractivity contribution in [2.24, 2.45) is 0 Å². The number of imide groups is 1. The minimum Gasteiger partial charge on any atom is -0.319 e. The number of carbonyl (C=O) groups excluding carboxylic acids is 2. The summed E-state index contributed by atoms with van der Waals surface area (Å²) in [6, 6.07) is 13.5. The Labute approximate surface area is 140 Å². The van der Waals surface area contributed by atoms with Crippen LogP contribution in [0.4, 0.5) is 4.79 Å². The highest BCUT2D eigenvalue weighted by atomic mass is 32.2. The fourth-order valence-corrected chi connectivity index (χ4v) is 3.53. The number of thioether (sulfide) groups is 1. The van der Waals surface area contributed by atoms with Gasteiger partial charge in [0.25, 0.3) is 5.91 Å². The molecule has 23 heavy (non-hydrogen) atoms. The van der Waals surface area contributed by atoms with E-state index in [1.165, 1.54) is 4.90 Å². The van der Waals surface area contributed by atoms with Crippen molar-refractivity contribution >= 4 is 34.5 Å². The van der Waals surface area contributed by atoms with Gasteiger partial charge in [0.15, 0.2) is 0 Å². The van der Waals surface area contributed by atoms with Crippen LogP contribution in [0, 0.1) is 0 Å². The summed E-state index contributed by atoms with van der Waals surface area (Å²) in [4.78, 5) is 26.5. The first-order valence-corrected chi connectivity index (χ1v) is 9.08. The molecule has 1 aliphatic heterocycles. The lowest BCUT2D eigenvalue weighted by molar-refractivity contribution is -0.131. The maximum absolute atomic E-state index is 12.9. The third-order valence-corrected chi connectivity index (χ3v) is 5.03. The van der Waals surface area contributed by atoms with E-state index in [1.54, 1.807) is 18.7 Å². The van der Waals surface area contributed by atoms with Crippen LogP contribution in [0.2, 0.25) is 0 Å². The Balaban J connectivity index is 1.98. The van der Waals surface area contributed by atoms with Gasteiger partial charge in [-0.1, -0.05) is 42.5 Å². The first-order valence-electron chi connectivity index (χ1n) is 7.69. The quantitative estimate of drug-likeness (QED) is 0.676. The number of rotatable bonds is 5. The highest BCUT2D eigenvalue weighted by Crippen LogP contribution is 2.33. The molecule has 1 N–H and O–H groups in total. The van der Waals surface area contributed by atoms with Crippen LogP contribution in [0.25, 0.3) is 10.8 Å². The smallest absolute Gasteiger partial charge is 0.319 e. The van der Waals surface area contributed by atoms with Gasteiger partial charge >= 0.3 is 6.03 Å². The fraction of sp³-hybridized carbons (Fsp3) is 0.333. The number of hydrogen-bond donors (Lipinski definition) is 1. The number of carbonyl (C=O) groups is 2. The van der Waals surface area contributed by atoms with E-state index in [0.29, 0.717) is 6.54 Å². The number of nitrogens with one attached hydrogen (secondary N) is 1. The largest absolute Gasteiger partial charge is 0.325 e. The highest BCUT2D eigenvalue weighted by Gasteiger charge is 2.49. The van der Waals surface area contributed by atoms with Crippen LogP contribution in [0.15, 0.2) is 42.5 Å². The SMILES string of the molecule is CSCCCN1C(=O)N[C@](C)(c2cccc3ccccc23)C1=O. The maximum atomic E-state index is 12.9. The van der Waals surface area contributed by atoms with Gasteiger partial charge in [-0.15, -0.1) is 0 Å².